The van der Waals surface area contributed by atoms with Crippen LogP contribution >= 0.6 is 12.4 Å². The Balaban J connectivity index is 0.00000256. The van der Waals surface area contributed by atoms with Crippen molar-refractivity contribution in [3.8, 4) is 0 Å². The molecule has 0 amide bonds. The van der Waals surface area contributed by atoms with Gasteiger partial charge in [-0.1, -0.05) is 6.92 Å². The largest absolute Gasteiger partial charge is 0.320 e. The van der Waals surface area contributed by atoms with Crippen LogP contribution < -0.4 is 10.0 Å². The van der Waals surface area contributed by atoms with Gasteiger partial charge in [0.2, 0.25) is 0 Å². The van der Waals surface area contributed by atoms with Crippen molar-refractivity contribution in [2.45, 2.75) is 26.2 Å². The van der Waals surface area contributed by atoms with E-state index in [-0.39, 0.29) is 12.4 Å². The van der Waals surface area contributed by atoms with E-state index in [2.05, 4.69) is 17.0 Å². The van der Waals surface area contributed by atoms with E-state index < -0.39 is 10.2 Å². The van der Waals surface area contributed by atoms with Crippen LogP contribution in [0.25, 0.3) is 0 Å². The Hall–Kier alpha value is 0.120. The zero-order valence-electron chi connectivity index (χ0n) is 10.6. The van der Waals surface area contributed by atoms with Gasteiger partial charge in [-0.25, -0.2) is 4.72 Å². The van der Waals surface area contributed by atoms with Crippen LogP contribution in [0, 0.1) is 5.92 Å². The van der Waals surface area contributed by atoms with E-state index in [9.17, 15) is 8.42 Å². The predicted octanol–water partition coefficient (Wildman–Crippen LogP) is 0.584. The highest BCUT2D eigenvalue weighted by Crippen LogP contribution is 2.17. The molecule has 0 radical (unpaired) electrons. The summed E-state index contributed by atoms with van der Waals surface area (Å²) in [5.74, 6) is 0.475. The zero-order chi connectivity index (χ0) is 12.0. The van der Waals surface area contributed by atoms with Crippen molar-refractivity contribution < 1.29 is 8.42 Å². The summed E-state index contributed by atoms with van der Waals surface area (Å²) in [6.07, 6.45) is 2.92. The lowest BCUT2D eigenvalue weighted by Gasteiger charge is -2.29. The molecule has 17 heavy (non-hydrogen) atoms. The molecule has 0 aromatic carbocycles. The molecule has 1 heterocycles. The van der Waals surface area contributed by atoms with Crippen LogP contribution in [0.15, 0.2) is 0 Å². The van der Waals surface area contributed by atoms with Crippen LogP contribution in [0.2, 0.25) is 0 Å². The van der Waals surface area contributed by atoms with Crippen LogP contribution in [0.5, 0.6) is 0 Å². The maximum atomic E-state index is 11.9. The Labute approximate surface area is 111 Å². The minimum absolute atomic E-state index is 0. The molecule has 2 N–H and O–H groups in total. The van der Waals surface area contributed by atoms with E-state index >= 15 is 0 Å². The second-order valence-corrected chi connectivity index (χ2v) is 6.22. The standard InChI is InChI=1S/C10H23N3O2S.ClH/c1-10-5-3-8-13(9-10)16(14,15)12-7-4-6-11-2;/h10-12H,3-9H2,1-2H3;1H. The first-order valence-electron chi connectivity index (χ1n) is 5.95. The summed E-state index contributed by atoms with van der Waals surface area (Å²) >= 11 is 0. The highest BCUT2D eigenvalue weighted by atomic mass is 35.5. The van der Waals surface area contributed by atoms with Gasteiger partial charge in [-0.15, -0.1) is 12.4 Å². The number of hydrogen-bond acceptors (Lipinski definition) is 3. The maximum absolute atomic E-state index is 11.9. The average Bonchev–Trinajstić information content (AvgIpc) is 2.24. The molecule has 5 nitrogen and oxygen atoms in total. The molecule has 1 atom stereocenters. The van der Waals surface area contributed by atoms with Gasteiger partial charge in [0.05, 0.1) is 0 Å². The average molecular weight is 286 g/mol. The third kappa shape index (κ3) is 6.01. The van der Waals surface area contributed by atoms with E-state index in [1.54, 1.807) is 4.31 Å². The second-order valence-electron chi connectivity index (χ2n) is 4.46. The molecule has 1 unspecified atom stereocenters. The third-order valence-corrected chi connectivity index (χ3v) is 4.43. The number of rotatable bonds is 6. The highest BCUT2D eigenvalue weighted by Gasteiger charge is 2.26. The van der Waals surface area contributed by atoms with Gasteiger partial charge in [0.25, 0.3) is 10.2 Å². The van der Waals surface area contributed by atoms with E-state index in [0.717, 1.165) is 25.8 Å². The minimum Gasteiger partial charge on any atom is -0.320 e. The third-order valence-electron chi connectivity index (χ3n) is 2.85. The summed E-state index contributed by atoms with van der Waals surface area (Å²) in [7, 11) is -1.38. The molecule has 1 aliphatic heterocycles. The number of nitrogens with zero attached hydrogens (tertiary/aromatic N) is 1. The van der Waals surface area contributed by atoms with Gasteiger partial charge >= 0.3 is 0 Å². The smallest absolute Gasteiger partial charge is 0.279 e. The fourth-order valence-corrected chi connectivity index (χ4v) is 3.33. The lowest BCUT2D eigenvalue weighted by Crippen LogP contribution is -2.45. The molecular formula is C10H24ClN3O2S. The van der Waals surface area contributed by atoms with E-state index in [0.29, 0.717) is 25.6 Å². The fraction of sp³-hybridized carbons (Fsp3) is 1.00. The van der Waals surface area contributed by atoms with Crippen molar-refractivity contribution in [1.82, 2.24) is 14.3 Å². The first-order chi connectivity index (χ1) is 7.56. The monoisotopic (exact) mass is 285 g/mol. The highest BCUT2D eigenvalue weighted by molar-refractivity contribution is 7.87. The van der Waals surface area contributed by atoms with Crippen molar-refractivity contribution in [2.75, 3.05) is 33.2 Å². The number of piperidine rings is 1. The lowest BCUT2D eigenvalue weighted by atomic mass is 10.0. The van der Waals surface area contributed by atoms with Crippen LogP contribution in [0.4, 0.5) is 0 Å². The molecule has 1 saturated heterocycles. The van der Waals surface area contributed by atoms with Crippen molar-refractivity contribution in [3.05, 3.63) is 0 Å². The summed E-state index contributed by atoms with van der Waals surface area (Å²) < 4.78 is 28.0. The first kappa shape index (κ1) is 17.1. The van der Waals surface area contributed by atoms with Gasteiger partial charge in [-0.2, -0.15) is 12.7 Å². The van der Waals surface area contributed by atoms with Crippen molar-refractivity contribution in [3.63, 3.8) is 0 Å². The van der Waals surface area contributed by atoms with Crippen molar-refractivity contribution in [1.29, 1.82) is 0 Å². The van der Waals surface area contributed by atoms with Crippen LogP contribution in [0.1, 0.15) is 26.2 Å². The number of hydrogen-bond donors (Lipinski definition) is 2. The molecule has 1 rings (SSSR count). The summed E-state index contributed by atoms with van der Waals surface area (Å²) in [4.78, 5) is 0. The quantitative estimate of drug-likeness (QED) is 0.702. The topological polar surface area (TPSA) is 61.4 Å². The Morgan fingerprint density at radius 3 is 2.65 bits per heavy atom. The molecule has 0 bridgehead atoms. The summed E-state index contributed by atoms with van der Waals surface area (Å²) in [6.45, 7) is 4.75. The first-order valence-corrected chi connectivity index (χ1v) is 7.39. The molecule has 1 aliphatic rings. The molecular weight excluding hydrogens is 262 g/mol. The summed E-state index contributed by atoms with van der Waals surface area (Å²) in [5, 5.41) is 2.99. The van der Waals surface area contributed by atoms with Crippen LogP contribution in [-0.4, -0.2) is 45.9 Å². The van der Waals surface area contributed by atoms with Crippen LogP contribution in [-0.2, 0) is 10.2 Å². The van der Waals surface area contributed by atoms with E-state index in [1.165, 1.54) is 0 Å². The SMILES string of the molecule is CNCCCNS(=O)(=O)N1CCCC(C)C1.Cl. The summed E-state index contributed by atoms with van der Waals surface area (Å²) in [5.41, 5.74) is 0. The molecule has 104 valence electrons. The maximum Gasteiger partial charge on any atom is 0.279 e. The molecule has 0 aromatic heterocycles. The second kappa shape index (κ2) is 8.26. The normalized spacial score (nSPS) is 22.1. The summed E-state index contributed by atoms with van der Waals surface area (Å²) in [6, 6.07) is 0. The van der Waals surface area contributed by atoms with Gasteiger partial charge in [-0.05, 0) is 38.8 Å². The van der Waals surface area contributed by atoms with Gasteiger partial charge in [0.15, 0.2) is 0 Å². The molecule has 7 heteroatoms. The molecule has 1 fully saturated rings. The van der Waals surface area contributed by atoms with Gasteiger partial charge in [0.1, 0.15) is 0 Å². The van der Waals surface area contributed by atoms with Crippen molar-refractivity contribution >= 4 is 22.6 Å². The molecule has 0 spiro atoms. The van der Waals surface area contributed by atoms with Gasteiger partial charge in [0, 0.05) is 19.6 Å². The van der Waals surface area contributed by atoms with Crippen molar-refractivity contribution in [2.24, 2.45) is 5.92 Å². The predicted molar refractivity (Wildman–Crippen MR) is 72.7 cm³/mol. The van der Waals surface area contributed by atoms with E-state index in [1.807, 2.05) is 7.05 Å². The van der Waals surface area contributed by atoms with Gasteiger partial charge in [-0.3, -0.25) is 0 Å². The zero-order valence-corrected chi connectivity index (χ0v) is 12.2. The molecule has 0 aliphatic carbocycles. The fourth-order valence-electron chi connectivity index (χ4n) is 1.92. The Morgan fingerprint density at radius 2 is 2.06 bits per heavy atom. The molecule has 0 aromatic rings. The van der Waals surface area contributed by atoms with E-state index in [4.69, 9.17) is 0 Å². The minimum atomic E-state index is -3.24. The lowest BCUT2D eigenvalue weighted by molar-refractivity contribution is 0.278. The number of nitrogens with one attached hydrogen (secondary N) is 2. The Bertz CT molecular complexity index is 298. The molecule has 0 saturated carbocycles. The van der Waals surface area contributed by atoms with Gasteiger partial charge < -0.3 is 5.32 Å². The van der Waals surface area contributed by atoms with Crippen LogP contribution in [0.3, 0.4) is 0 Å². The Morgan fingerprint density at radius 1 is 1.35 bits per heavy atom. The number of halogens is 1. The Kier molecular flexibility index (Phi) is 8.32.